The van der Waals surface area contributed by atoms with Crippen LogP contribution < -0.4 is 5.32 Å². The Morgan fingerprint density at radius 2 is 2.00 bits per heavy atom. The Balaban J connectivity index is 1.47. The van der Waals surface area contributed by atoms with E-state index < -0.39 is 0 Å². The molecule has 0 saturated carbocycles. The summed E-state index contributed by atoms with van der Waals surface area (Å²) < 4.78 is 5.38. The molecule has 0 aromatic carbocycles. The van der Waals surface area contributed by atoms with Gasteiger partial charge in [0.25, 0.3) is 0 Å². The van der Waals surface area contributed by atoms with E-state index in [0.717, 1.165) is 25.2 Å². The summed E-state index contributed by atoms with van der Waals surface area (Å²) in [6.45, 7) is 9.30. The standard InChI is InChI=1S/C15H30N2O/c1-14-5-2-3-9-17(14)10-4-8-16-13-15-6-11-18-12-7-15/h14-16H,2-13H2,1H3. The molecular weight excluding hydrogens is 224 g/mol. The lowest BCUT2D eigenvalue weighted by molar-refractivity contribution is 0.0662. The van der Waals surface area contributed by atoms with Crippen LogP contribution in [0.1, 0.15) is 45.4 Å². The van der Waals surface area contributed by atoms with Gasteiger partial charge in [-0.15, -0.1) is 0 Å². The first-order chi connectivity index (χ1) is 8.86. The van der Waals surface area contributed by atoms with Gasteiger partial charge >= 0.3 is 0 Å². The average molecular weight is 254 g/mol. The maximum atomic E-state index is 5.38. The van der Waals surface area contributed by atoms with E-state index in [4.69, 9.17) is 4.74 Å². The van der Waals surface area contributed by atoms with E-state index in [9.17, 15) is 0 Å². The minimum absolute atomic E-state index is 0.814. The van der Waals surface area contributed by atoms with Crippen molar-refractivity contribution in [1.82, 2.24) is 10.2 Å². The summed E-state index contributed by atoms with van der Waals surface area (Å²) in [4.78, 5) is 2.67. The second-order valence-electron chi connectivity index (χ2n) is 5.99. The normalized spacial score (nSPS) is 27.5. The van der Waals surface area contributed by atoms with Crippen LogP contribution in [-0.4, -0.2) is 50.3 Å². The maximum absolute atomic E-state index is 5.38. The molecule has 0 aromatic rings. The fourth-order valence-electron chi connectivity index (χ4n) is 3.15. The molecule has 0 aliphatic carbocycles. The van der Waals surface area contributed by atoms with Crippen molar-refractivity contribution in [3.05, 3.63) is 0 Å². The van der Waals surface area contributed by atoms with Crippen molar-refractivity contribution in [1.29, 1.82) is 0 Å². The fraction of sp³-hybridized carbons (Fsp3) is 1.00. The van der Waals surface area contributed by atoms with E-state index in [1.807, 2.05) is 0 Å². The monoisotopic (exact) mass is 254 g/mol. The number of piperidine rings is 1. The van der Waals surface area contributed by atoms with Crippen LogP contribution in [0.25, 0.3) is 0 Å². The van der Waals surface area contributed by atoms with E-state index in [1.165, 1.54) is 64.7 Å². The predicted molar refractivity (Wildman–Crippen MR) is 75.9 cm³/mol. The van der Waals surface area contributed by atoms with Crippen molar-refractivity contribution < 1.29 is 4.74 Å². The molecule has 1 N–H and O–H groups in total. The van der Waals surface area contributed by atoms with Gasteiger partial charge in [-0.25, -0.2) is 0 Å². The Bertz CT molecular complexity index is 217. The van der Waals surface area contributed by atoms with E-state index in [1.54, 1.807) is 0 Å². The maximum Gasteiger partial charge on any atom is 0.0469 e. The van der Waals surface area contributed by atoms with Gasteiger partial charge in [0.05, 0.1) is 0 Å². The zero-order valence-corrected chi connectivity index (χ0v) is 12.0. The van der Waals surface area contributed by atoms with Crippen LogP contribution in [0.2, 0.25) is 0 Å². The molecular formula is C15H30N2O. The van der Waals surface area contributed by atoms with Crippen LogP contribution in [0.3, 0.4) is 0 Å². The lowest BCUT2D eigenvalue weighted by Crippen LogP contribution is -2.39. The summed E-state index contributed by atoms with van der Waals surface area (Å²) in [7, 11) is 0. The molecule has 2 aliphatic heterocycles. The van der Waals surface area contributed by atoms with Gasteiger partial charge in [0.2, 0.25) is 0 Å². The van der Waals surface area contributed by atoms with Gasteiger partial charge < -0.3 is 15.0 Å². The molecule has 0 aromatic heterocycles. The molecule has 3 heteroatoms. The Hall–Kier alpha value is -0.120. The van der Waals surface area contributed by atoms with E-state index in [0.29, 0.717) is 0 Å². The molecule has 0 spiro atoms. The van der Waals surface area contributed by atoms with Gasteiger partial charge in [-0.3, -0.25) is 0 Å². The summed E-state index contributed by atoms with van der Waals surface area (Å²) in [5.74, 6) is 0.854. The quantitative estimate of drug-likeness (QED) is 0.736. The topological polar surface area (TPSA) is 24.5 Å². The summed E-state index contributed by atoms with van der Waals surface area (Å²) in [5, 5.41) is 3.63. The van der Waals surface area contributed by atoms with Gasteiger partial charge in [0.1, 0.15) is 0 Å². The number of nitrogens with one attached hydrogen (secondary N) is 1. The third-order valence-corrected chi connectivity index (χ3v) is 4.51. The molecule has 1 atom stereocenters. The van der Waals surface area contributed by atoms with Crippen molar-refractivity contribution in [2.75, 3.05) is 39.4 Å². The smallest absolute Gasteiger partial charge is 0.0469 e. The first kappa shape index (κ1) is 14.3. The minimum atomic E-state index is 0.814. The van der Waals surface area contributed by atoms with E-state index in [-0.39, 0.29) is 0 Å². The molecule has 106 valence electrons. The molecule has 1 unspecified atom stereocenters. The molecule has 2 heterocycles. The molecule has 0 bridgehead atoms. The predicted octanol–water partition coefficient (Wildman–Crippen LogP) is 2.27. The third kappa shape index (κ3) is 4.87. The Labute approximate surface area is 112 Å². The number of rotatable bonds is 6. The van der Waals surface area contributed by atoms with Crippen LogP contribution in [-0.2, 0) is 4.74 Å². The summed E-state index contributed by atoms with van der Waals surface area (Å²) >= 11 is 0. The van der Waals surface area contributed by atoms with Gasteiger partial charge in [-0.05, 0) is 71.1 Å². The largest absolute Gasteiger partial charge is 0.381 e. The first-order valence-electron chi connectivity index (χ1n) is 7.89. The third-order valence-electron chi connectivity index (χ3n) is 4.51. The molecule has 0 amide bonds. The highest BCUT2D eigenvalue weighted by atomic mass is 16.5. The minimum Gasteiger partial charge on any atom is -0.381 e. The highest BCUT2D eigenvalue weighted by Crippen LogP contribution is 2.16. The number of likely N-dealkylation sites (tertiary alicyclic amines) is 1. The highest BCUT2D eigenvalue weighted by molar-refractivity contribution is 4.73. The highest BCUT2D eigenvalue weighted by Gasteiger charge is 2.17. The Morgan fingerprint density at radius 3 is 2.78 bits per heavy atom. The molecule has 2 rings (SSSR count). The number of hydrogen-bond donors (Lipinski definition) is 1. The number of ether oxygens (including phenoxy) is 1. The Kier molecular flexibility index (Phi) is 6.46. The van der Waals surface area contributed by atoms with Crippen LogP contribution in [0.15, 0.2) is 0 Å². The summed E-state index contributed by atoms with van der Waals surface area (Å²) in [6.07, 6.45) is 8.02. The summed E-state index contributed by atoms with van der Waals surface area (Å²) in [5.41, 5.74) is 0. The van der Waals surface area contributed by atoms with Crippen LogP contribution in [0.4, 0.5) is 0 Å². The molecule has 2 saturated heterocycles. The first-order valence-corrected chi connectivity index (χ1v) is 7.89. The Morgan fingerprint density at radius 1 is 1.17 bits per heavy atom. The van der Waals surface area contributed by atoms with Crippen molar-refractivity contribution in [2.24, 2.45) is 5.92 Å². The van der Waals surface area contributed by atoms with Crippen LogP contribution in [0.5, 0.6) is 0 Å². The van der Waals surface area contributed by atoms with Gasteiger partial charge in [0.15, 0.2) is 0 Å². The van der Waals surface area contributed by atoms with Gasteiger partial charge in [-0.1, -0.05) is 6.42 Å². The van der Waals surface area contributed by atoms with E-state index >= 15 is 0 Å². The SMILES string of the molecule is CC1CCCCN1CCCNCC1CCOCC1. The molecule has 2 fully saturated rings. The van der Waals surface area contributed by atoms with Crippen molar-refractivity contribution in [3.63, 3.8) is 0 Å². The zero-order chi connectivity index (χ0) is 12.6. The zero-order valence-electron chi connectivity index (χ0n) is 12.0. The van der Waals surface area contributed by atoms with Crippen molar-refractivity contribution >= 4 is 0 Å². The number of hydrogen-bond acceptors (Lipinski definition) is 3. The lowest BCUT2D eigenvalue weighted by Gasteiger charge is -2.33. The average Bonchev–Trinajstić information content (AvgIpc) is 2.42. The van der Waals surface area contributed by atoms with Crippen LogP contribution >= 0.6 is 0 Å². The van der Waals surface area contributed by atoms with Gasteiger partial charge in [0, 0.05) is 19.3 Å². The molecule has 2 aliphatic rings. The lowest BCUT2D eigenvalue weighted by atomic mass is 10.0. The fourth-order valence-corrected chi connectivity index (χ4v) is 3.15. The van der Waals surface area contributed by atoms with Crippen molar-refractivity contribution in [2.45, 2.75) is 51.5 Å². The van der Waals surface area contributed by atoms with Crippen molar-refractivity contribution in [3.8, 4) is 0 Å². The molecule has 3 nitrogen and oxygen atoms in total. The molecule has 18 heavy (non-hydrogen) atoms. The van der Waals surface area contributed by atoms with E-state index in [2.05, 4.69) is 17.1 Å². The second-order valence-corrected chi connectivity index (χ2v) is 5.99. The van der Waals surface area contributed by atoms with Crippen LogP contribution in [0, 0.1) is 5.92 Å². The number of nitrogens with zero attached hydrogens (tertiary/aromatic N) is 1. The molecule has 0 radical (unpaired) electrons. The van der Waals surface area contributed by atoms with Gasteiger partial charge in [-0.2, -0.15) is 0 Å². The second kappa shape index (κ2) is 8.13. The summed E-state index contributed by atoms with van der Waals surface area (Å²) in [6, 6.07) is 0.814.